The minimum atomic E-state index is 0.691. The lowest BCUT2D eigenvalue weighted by Gasteiger charge is -1.98. The molecule has 0 atom stereocenters. The Labute approximate surface area is 71.0 Å². The van der Waals surface area contributed by atoms with Crippen molar-refractivity contribution in [2.45, 2.75) is 13.3 Å². The van der Waals surface area contributed by atoms with Gasteiger partial charge in [-0.1, -0.05) is 0 Å². The fraction of sp³-hybridized carbons (Fsp3) is 0.500. The lowest BCUT2D eigenvalue weighted by atomic mass is 10.3. The Kier molecular flexibility index (Phi) is 2.91. The summed E-state index contributed by atoms with van der Waals surface area (Å²) in [7, 11) is 1.70. The predicted molar refractivity (Wildman–Crippen MR) is 48.4 cm³/mol. The molecule has 2 N–H and O–H groups in total. The highest BCUT2D eigenvalue weighted by molar-refractivity contribution is 7.12. The highest BCUT2D eigenvalue weighted by Gasteiger charge is 2.04. The molecule has 1 aromatic heterocycles. The lowest BCUT2D eigenvalue weighted by molar-refractivity contribution is 0.412. The molecule has 0 aliphatic heterocycles. The molecule has 0 saturated carbocycles. The van der Waals surface area contributed by atoms with E-state index in [1.807, 2.05) is 0 Å². The van der Waals surface area contributed by atoms with E-state index in [1.54, 1.807) is 18.4 Å². The largest absolute Gasteiger partial charge is 0.496 e. The normalized spacial score (nSPS) is 10.1. The summed E-state index contributed by atoms with van der Waals surface area (Å²) in [5.41, 5.74) is 5.44. The summed E-state index contributed by atoms with van der Waals surface area (Å²) in [5.74, 6) is 0.984. The fourth-order valence-corrected chi connectivity index (χ4v) is 2.03. The molecule has 1 rings (SSSR count). The lowest BCUT2D eigenvalue weighted by Crippen LogP contribution is -2.01. The standard InChI is InChI=1S/C8H13NOS/c1-6-5-7(10-2)8(11-6)3-4-9/h5H,3-4,9H2,1-2H3. The molecule has 0 spiro atoms. The Hall–Kier alpha value is -0.540. The molecule has 11 heavy (non-hydrogen) atoms. The van der Waals surface area contributed by atoms with Crippen LogP contribution >= 0.6 is 11.3 Å². The Bertz CT molecular complexity index is 232. The van der Waals surface area contributed by atoms with E-state index in [-0.39, 0.29) is 0 Å². The second-order valence-electron chi connectivity index (χ2n) is 2.39. The number of ether oxygens (including phenoxy) is 1. The third kappa shape index (κ3) is 1.94. The first-order valence-electron chi connectivity index (χ1n) is 3.61. The molecular weight excluding hydrogens is 158 g/mol. The minimum Gasteiger partial charge on any atom is -0.496 e. The Morgan fingerprint density at radius 1 is 1.64 bits per heavy atom. The summed E-state index contributed by atoms with van der Waals surface area (Å²) in [6.45, 7) is 2.77. The number of methoxy groups -OCH3 is 1. The van der Waals surface area contributed by atoms with Crippen molar-refractivity contribution in [1.29, 1.82) is 0 Å². The summed E-state index contributed by atoms with van der Waals surface area (Å²) in [6.07, 6.45) is 0.918. The van der Waals surface area contributed by atoms with E-state index in [9.17, 15) is 0 Å². The number of hydrogen-bond acceptors (Lipinski definition) is 3. The molecule has 0 saturated heterocycles. The summed E-state index contributed by atoms with van der Waals surface area (Å²) in [5, 5.41) is 0. The molecule has 1 aromatic rings. The molecule has 2 nitrogen and oxygen atoms in total. The maximum absolute atomic E-state index is 5.44. The van der Waals surface area contributed by atoms with Gasteiger partial charge in [0.1, 0.15) is 5.75 Å². The van der Waals surface area contributed by atoms with Gasteiger partial charge in [-0.15, -0.1) is 11.3 Å². The van der Waals surface area contributed by atoms with Crippen molar-refractivity contribution < 1.29 is 4.74 Å². The first kappa shape index (κ1) is 8.56. The van der Waals surface area contributed by atoms with Crippen molar-refractivity contribution >= 4 is 11.3 Å². The molecule has 0 aliphatic carbocycles. The molecule has 0 unspecified atom stereocenters. The number of rotatable bonds is 3. The number of aryl methyl sites for hydroxylation is 1. The van der Waals surface area contributed by atoms with Crippen LogP contribution in [0.2, 0.25) is 0 Å². The number of nitrogens with two attached hydrogens (primary N) is 1. The maximum atomic E-state index is 5.44. The van der Waals surface area contributed by atoms with Crippen molar-refractivity contribution in [1.82, 2.24) is 0 Å². The van der Waals surface area contributed by atoms with Crippen LogP contribution in [0.15, 0.2) is 6.07 Å². The molecule has 0 amide bonds. The van der Waals surface area contributed by atoms with Gasteiger partial charge in [-0.3, -0.25) is 0 Å². The molecule has 0 aliphatic rings. The Balaban J connectivity index is 2.83. The van der Waals surface area contributed by atoms with Crippen molar-refractivity contribution in [2.24, 2.45) is 5.73 Å². The van der Waals surface area contributed by atoms with Crippen LogP contribution in [0.3, 0.4) is 0 Å². The van der Waals surface area contributed by atoms with E-state index in [0.29, 0.717) is 6.54 Å². The highest BCUT2D eigenvalue weighted by atomic mass is 32.1. The fourth-order valence-electron chi connectivity index (χ4n) is 1.02. The van der Waals surface area contributed by atoms with Gasteiger partial charge in [-0.05, 0) is 26.0 Å². The zero-order valence-electron chi connectivity index (χ0n) is 6.89. The summed E-state index contributed by atoms with van der Waals surface area (Å²) in [6, 6.07) is 2.05. The molecule has 3 heteroatoms. The van der Waals surface area contributed by atoms with Crippen LogP contribution in [0.25, 0.3) is 0 Å². The molecule has 1 heterocycles. The molecular formula is C8H13NOS. The van der Waals surface area contributed by atoms with Gasteiger partial charge in [0.25, 0.3) is 0 Å². The average Bonchev–Trinajstić information content (AvgIpc) is 2.32. The monoisotopic (exact) mass is 171 g/mol. The minimum absolute atomic E-state index is 0.691. The third-order valence-corrected chi connectivity index (χ3v) is 2.58. The van der Waals surface area contributed by atoms with Gasteiger partial charge in [0.15, 0.2) is 0 Å². The quantitative estimate of drug-likeness (QED) is 0.749. The molecule has 0 radical (unpaired) electrons. The SMILES string of the molecule is COc1cc(C)sc1CCN. The van der Waals surface area contributed by atoms with Crippen molar-refractivity contribution in [3.8, 4) is 5.75 Å². The maximum Gasteiger partial charge on any atom is 0.133 e. The van der Waals surface area contributed by atoms with Gasteiger partial charge in [0, 0.05) is 9.75 Å². The van der Waals surface area contributed by atoms with Crippen LogP contribution in [-0.2, 0) is 6.42 Å². The van der Waals surface area contributed by atoms with E-state index in [4.69, 9.17) is 10.5 Å². The van der Waals surface area contributed by atoms with Crippen molar-refractivity contribution in [2.75, 3.05) is 13.7 Å². The second kappa shape index (κ2) is 3.74. The van der Waals surface area contributed by atoms with E-state index in [2.05, 4.69) is 13.0 Å². The zero-order valence-corrected chi connectivity index (χ0v) is 7.70. The van der Waals surface area contributed by atoms with E-state index < -0.39 is 0 Å². The summed E-state index contributed by atoms with van der Waals surface area (Å²) < 4.78 is 5.17. The van der Waals surface area contributed by atoms with Gasteiger partial charge in [-0.2, -0.15) is 0 Å². The van der Waals surface area contributed by atoms with Gasteiger partial charge in [0.2, 0.25) is 0 Å². The molecule has 0 bridgehead atoms. The zero-order chi connectivity index (χ0) is 8.27. The topological polar surface area (TPSA) is 35.2 Å². The van der Waals surface area contributed by atoms with Crippen LogP contribution in [0.4, 0.5) is 0 Å². The third-order valence-electron chi connectivity index (χ3n) is 1.48. The first-order valence-corrected chi connectivity index (χ1v) is 4.43. The van der Waals surface area contributed by atoms with Gasteiger partial charge < -0.3 is 10.5 Å². The van der Waals surface area contributed by atoms with Gasteiger partial charge in [0.05, 0.1) is 7.11 Å². The summed E-state index contributed by atoms with van der Waals surface area (Å²) >= 11 is 1.76. The smallest absolute Gasteiger partial charge is 0.133 e. The predicted octanol–water partition coefficient (Wildman–Crippen LogP) is 1.57. The first-order chi connectivity index (χ1) is 5.27. The van der Waals surface area contributed by atoms with Crippen molar-refractivity contribution in [3.63, 3.8) is 0 Å². The van der Waals surface area contributed by atoms with Crippen LogP contribution in [0, 0.1) is 6.92 Å². The molecule has 62 valence electrons. The molecule has 0 fully saturated rings. The van der Waals surface area contributed by atoms with Crippen LogP contribution in [0.1, 0.15) is 9.75 Å². The molecule has 0 aromatic carbocycles. The van der Waals surface area contributed by atoms with Gasteiger partial charge in [-0.25, -0.2) is 0 Å². The van der Waals surface area contributed by atoms with E-state index >= 15 is 0 Å². The van der Waals surface area contributed by atoms with Crippen LogP contribution < -0.4 is 10.5 Å². The van der Waals surface area contributed by atoms with Crippen LogP contribution in [0.5, 0.6) is 5.75 Å². The van der Waals surface area contributed by atoms with Crippen molar-refractivity contribution in [3.05, 3.63) is 15.8 Å². The van der Waals surface area contributed by atoms with E-state index in [0.717, 1.165) is 12.2 Å². The Morgan fingerprint density at radius 2 is 2.36 bits per heavy atom. The second-order valence-corrected chi connectivity index (χ2v) is 3.73. The number of hydrogen-bond donors (Lipinski definition) is 1. The van der Waals surface area contributed by atoms with E-state index in [1.165, 1.54) is 9.75 Å². The van der Waals surface area contributed by atoms with Gasteiger partial charge >= 0.3 is 0 Å². The average molecular weight is 171 g/mol. The van der Waals surface area contributed by atoms with Crippen LogP contribution in [-0.4, -0.2) is 13.7 Å². The number of thiophene rings is 1. The highest BCUT2D eigenvalue weighted by Crippen LogP contribution is 2.28. The Morgan fingerprint density at radius 3 is 2.91 bits per heavy atom. The summed E-state index contributed by atoms with van der Waals surface area (Å²) in [4.78, 5) is 2.54.